The molecular formula is C28H45N3O3S. The van der Waals surface area contributed by atoms with E-state index in [2.05, 4.69) is 16.7 Å². The minimum absolute atomic E-state index is 0.295. The molecule has 2 rings (SSSR count). The number of nitrogens with zero attached hydrogens (tertiary/aromatic N) is 1. The normalized spacial score (nSPS) is 15.2. The minimum atomic E-state index is -0.407. The highest BCUT2D eigenvalue weighted by atomic mass is 32.2. The van der Waals surface area contributed by atoms with Crippen LogP contribution in [0.5, 0.6) is 0 Å². The molecule has 2 amide bonds. The van der Waals surface area contributed by atoms with Gasteiger partial charge in [0.15, 0.2) is 0 Å². The number of amides is 2. The van der Waals surface area contributed by atoms with Gasteiger partial charge in [0.25, 0.3) is 0 Å². The third-order valence-electron chi connectivity index (χ3n) is 6.92. The summed E-state index contributed by atoms with van der Waals surface area (Å²) >= 11 is 1.79. The lowest BCUT2D eigenvalue weighted by Gasteiger charge is -2.27. The topological polar surface area (TPSA) is 78.5 Å². The van der Waals surface area contributed by atoms with Crippen molar-refractivity contribution in [3.63, 3.8) is 0 Å². The van der Waals surface area contributed by atoms with Crippen LogP contribution in [-0.4, -0.2) is 54.9 Å². The first-order valence-corrected chi connectivity index (χ1v) is 14.5. The molecule has 0 aliphatic heterocycles. The first kappa shape index (κ1) is 29.5. The standard InChI is InChI=1S/C28H45N3O3S/c1-3-13-26(28(34)30-22-33)31(2)20-25-23(21-32)14-12-17-27(25)35-19-11-6-4-5-10-18-29-24-15-8-7-9-16-24/h12,14,17,21-22,24,26,29H,3-11,13,15-16,18-20H2,1-2H3,(H,30,33,34). The van der Waals surface area contributed by atoms with Gasteiger partial charge in [0.05, 0.1) is 6.04 Å². The average Bonchev–Trinajstić information content (AvgIpc) is 2.87. The van der Waals surface area contributed by atoms with E-state index < -0.39 is 6.04 Å². The quantitative estimate of drug-likeness (QED) is 0.160. The Morgan fingerprint density at radius 1 is 1.11 bits per heavy atom. The summed E-state index contributed by atoms with van der Waals surface area (Å²) < 4.78 is 0. The van der Waals surface area contributed by atoms with Crippen LogP contribution < -0.4 is 10.6 Å². The van der Waals surface area contributed by atoms with E-state index >= 15 is 0 Å². The molecule has 1 unspecified atom stereocenters. The van der Waals surface area contributed by atoms with E-state index in [9.17, 15) is 14.4 Å². The first-order valence-electron chi connectivity index (χ1n) is 13.5. The maximum absolute atomic E-state index is 12.4. The van der Waals surface area contributed by atoms with Gasteiger partial charge in [0, 0.05) is 23.0 Å². The summed E-state index contributed by atoms with van der Waals surface area (Å²) in [6.07, 6.45) is 15.9. The Hall–Kier alpha value is -1.70. The van der Waals surface area contributed by atoms with Gasteiger partial charge in [0.1, 0.15) is 6.29 Å². The van der Waals surface area contributed by atoms with Crippen LogP contribution in [0.15, 0.2) is 23.1 Å². The van der Waals surface area contributed by atoms with Crippen LogP contribution in [0.3, 0.4) is 0 Å². The number of rotatable bonds is 18. The number of hydrogen-bond acceptors (Lipinski definition) is 6. The summed E-state index contributed by atoms with van der Waals surface area (Å²) in [5, 5.41) is 6.01. The summed E-state index contributed by atoms with van der Waals surface area (Å²) in [6.45, 7) is 3.66. The van der Waals surface area contributed by atoms with E-state index in [1.165, 1.54) is 57.8 Å². The minimum Gasteiger partial charge on any atom is -0.314 e. The number of carbonyl (C=O) groups is 3. The Morgan fingerprint density at radius 3 is 2.57 bits per heavy atom. The lowest BCUT2D eigenvalue weighted by Crippen LogP contribution is -2.44. The number of thioether (sulfide) groups is 1. The number of carbonyl (C=O) groups excluding carboxylic acids is 3. The molecule has 0 radical (unpaired) electrons. The highest BCUT2D eigenvalue weighted by Crippen LogP contribution is 2.28. The molecule has 1 atom stereocenters. The maximum Gasteiger partial charge on any atom is 0.243 e. The Morgan fingerprint density at radius 2 is 1.86 bits per heavy atom. The summed E-state index contributed by atoms with van der Waals surface area (Å²) in [7, 11) is 1.88. The number of hydrogen-bond donors (Lipinski definition) is 2. The number of likely N-dealkylation sites (N-methyl/N-ethyl adjacent to an activating group) is 1. The van der Waals surface area contributed by atoms with Crippen LogP contribution >= 0.6 is 11.8 Å². The summed E-state index contributed by atoms with van der Waals surface area (Å²) in [4.78, 5) is 37.9. The van der Waals surface area contributed by atoms with Gasteiger partial charge in [-0.15, -0.1) is 11.8 Å². The number of unbranched alkanes of at least 4 members (excludes halogenated alkanes) is 4. The van der Waals surface area contributed by atoms with Crippen LogP contribution in [0, 0.1) is 0 Å². The summed E-state index contributed by atoms with van der Waals surface area (Å²) in [5.74, 6) is 0.722. The molecule has 2 N–H and O–H groups in total. The molecule has 35 heavy (non-hydrogen) atoms. The largest absolute Gasteiger partial charge is 0.314 e. The molecule has 0 saturated heterocycles. The van der Waals surface area contributed by atoms with Gasteiger partial charge in [0.2, 0.25) is 12.3 Å². The Bertz CT molecular complexity index is 768. The van der Waals surface area contributed by atoms with Crippen molar-refractivity contribution in [2.24, 2.45) is 0 Å². The monoisotopic (exact) mass is 503 g/mol. The first-order chi connectivity index (χ1) is 17.1. The van der Waals surface area contributed by atoms with Gasteiger partial charge in [-0.3, -0.25) is 24.6 Å². The molecule has 1 aliphatic carbocycles. The van der Waals surface area contributed by atoms with Crippen molar-refractivity contribution in [1.29, 1.82) is 0 Å². The SMILES string of the molecule is CCCC(C(=O)NC=O)N(C)Cc1c(C=O)cccc1SCCCCCCCNC1CCCCC1. The molecule has 1 aromatic rings. The van der Waals surface area contributed by atoms with Crippen LogP contribution in [-0.2, 0) is 16.1 Å². The zero-order valence-corrected chi connectivity index (χ0v) is 22.5. The van der Waals surface area contributed by atoms with Crippen LogP contribution in [0.4, 0.5) is 0 Å². The summed E-state index contributed by atoms with van der Waals surface area (Å²) in [6, 6.07) is 6.18. The molecule has 0 aromatic heterocycles. The van der Waals surface area contributed by atoms with Crippen LogP contribution in [0.1, 0.15) is 99.9 Å². The highest BCUT2D eigenvalue weighted by Gasteiger charge is 2.23. The van der Waals surface area contributed by atoms with Crippen molar-refractivity contribution in [3.05, 3.63) is 29.3 Å². The van der Waals surface area contributed by atoms with E-state index in [4.69, 9.17) is 0 Å². The van der Waals surface area contributed by atoms with Gasteiger partial charge in [-0.05, 0) is 63.1 Å². The Kier molecular flexibility index (Phi) is 14.9. The van der Waals surface area contributed by atoms with Crippen molar-refractivity contribution in [1.82, 2.24) is 15.5 Å². The third-order valence-corrected chi connectivity index (χ3v) is 8.10. The smallest absolute Gasteiger partial charge is 0.243 e. The zero-order valence-electron chi connectivity index (χ0n) is 21.7. The van der Waals surface area contributed by atoms with Gasteiger partial charge in [-0.25, -0.2) is 0 Å². The van der Waals surface area contributed by atoms with E-state index in [-0.39, 0.29) is 5.91 Å². The van der Waals surface area contributed by atoms with E-state index in [1.54, 1.807) is 11.8 Å². The van der Waals surface area contributed by atoms with Crippen molar-refractivity contribution in [2.45, 2.75) is 107 Å². The molecular weight excluding hydrogens is 458 g/mol. The van der Waals surface area contributed by atoms with Gasteiger partial charge in [-0.2, -0.15) is 0 Å². The fraction of sp³-hybridized carbons (Fsp3) is 0.679. The Labute approximate surface area is 216 Å². The highest BCUT2D eigenvalue weighted by molar-refractivity contribution is 7.99. The fourth-order valence-electron chi connectivity index (χ4n) is 4.89. The molecule has 0 heterocycles. The van der Waals surface area contributed by atoms with E-state index in [1.807, 2.05) is 31.0 Å². The molecule has 0 spiro atoms. The zero-order chi connectivity index (χ0) is 25.3. The van der Waals surface area contributed by atoms with Crippen molar-refractivity contribution in [2.75, 3.05) is 19.3 Å². The van der Waals surface area contributed by atoms with Crippen molar-refractivity contribution < 1.29 is 14.4 Å². The number of nitrogens with one attached hydrogen (secondary N) is 2. The second-order valence-electron chi connectivity index (χ2n) is 9.69. The second kappa shape index (κ2) is 17.7. The molecule has 1 saturated carbocycles. The number of benzene rings is 1. The summed E-state index contributed by atoms with van der Waals surface area (Å²) in [5.41, 5.74) is 1.63. The maximum atomic E-state index is 12.4. The predicted octanol–water partition coefficient (Wildman–Crippen LogP) is 5.34. The molecule has 6 nitrogen and oxygen atoms in total. The molecule has 0 bridgehead atoms. The second-order valence-corrected chi connectivity index (χ2v) is 10.8. The lowest BCUT2D eigenvalue weighted by molar-refractivity contribution is -0.129. The lowest BCUT2D eigenvalue weighted by atomic mass is 9.95. The Balaban J connectivity index is 1.77. The fourth-order valence-corrected chi connectivity index (χ4v) is 5.99. The third kappa shape index (κ3) is 10.8. The van der Waals surface area contributed by atoms with E-state index in [0.29, 0.717) is 24.9 Å². The van der Waals surface area contributed by atoms with Gasteiger partial charge in [-0.1, -0.05) is 64.0 Å². The van der Waals surface area contributed by atoms with Crippen molar-refractivity contribution >= 4 is 30.4 Å². The number of imide groups is 1. The van der Waals surface area contributed by atoms with Crippen molar-refractivity contribution in [3.8, 4) is 0 Å². The van der Waals surface area contributed by atoms with Gasteiger partial charge < -0.3 is 5.32 Å². The predicted molar refractivity (Wildman–Crippen MR) is 145 cm³/mol. The molecule has 196 valence electrons. The van der Waals surface area contributed by atoms with Crippen LogP contribution in [0.25, 0.3) is 0 Å². The molecule has 1 aromatic carbocycles. The average molecular weight is 504 g/mol. The molecule has 1 fully saturated rings. The number of aldehydes is 1. The van der Waals surface area contributed by atoms with Gasteiger partial charge >= 0.3 is 0 Å². The molecule has 1 aliphatic rings. The molecule has 7 heteroatoms. The van der Waals surface area contributed by atoms with E-state index in [0.717, 1.165) is 47.9 Å². The van der Waals surface area contributed by atoms with Crippen LogP contribution in [0.2, 0.25) is 0 Å².